The number of carbonyl (C=O) groups is 1. The van der Waals surface area contributed by atoms with Gasteiger partial charge in [-0.1, -0.05) is 29.8 Å². The van der Waals surface area contributed by atoms with E-state index in [-0.39, 0.29) is 5.82 Å². The second-order valence-electron chi connectivity index (χ2n) is 5.31. The number of methoxy groups -OCH3 is 1. The van der Waals surface area contributed by atoms with Gasteiger partial charge in [0.05, 0.1) is 25.0 Å². The molecule has 24 heavy (non-hydrogen) atoms. The first kappa shape index (κ1) is 14.7. The predicted molar refractivity (Wildman–Crippen MR) is 90.0 cm³/mol. The number of halogens is 1. The maximum Gasteiger partial charge on any atom is 0.377 e. The van der Waals surface area contributed by atoms with E-state index < -0.39 is 5.97 Å². The molecule has 0 saturated heterocycles. The highest BCUT2D eigenvalue weighted by molar-refractivity contribution is 6.31. The predicted octanol–water partition coefficient (Wildman–Crippen LogP) is 3.36. The molecule has 3 aromatic rings. The lowest BCUT2D eigenvalue weighted by Gasteiger charge is -2.31. The largest absolute Gasteiger partial charge is 0.463 e. The molecule has 0 unspecified atom stereocenters. The summed E-state index contributed by atoms with van der Waals surface area (Å²) in [7, 11) is 1.31. The lowest BCUT2D eigenvalue weighted by atomic mass is 10.1. The molecule has 0 saturated carbocycles. The minimum atomic E-state index is -0.557. The fourth-order valence-electron chi connectivity index (χ4n) is 2.77. The average Bonchev–Trinajstić information content (AvgIpc) is 3.05. The summed E-state index contributed by atoms with van der Waals surface area (Å²) in [5.41, 5.74) is 2.73. The van der Waals surface area contributed by atoms with Crippen LogP contribution in [0.2, 0.25) is 5.02 Å². The number of carbonyl (C=O) groups excluding carboxylic acids is 1. The van der Waals surface area contributed by atoms with E-state index in [1.54, 1.807) is 10.7 Å². The summed E-state index contributed by atoms with van der Waals surface area (Å²) in [5.74, 6) is 0.149. The van der Waals surface area contributed by atoms with Gasteiger partial charge >= 0.3 is 5.97 Å². The molecule has 7 heteroatoms. The van der Waals surface area contributed by atoms with Crippen molar-refractivity contribution in [3.63, 3.8) is 0 Å². The molecule has 0 N–H and O–H groups in total. The van der Waals surface area contributed by atoms with Crippen LogP contribution < -0.4 is 4.90 Å². The van der Waals surface area contributed by atoms with Crippen molar-refractivity contribution in [2.45, 2.75) is 6.54 Å². The Bertz CT molecular complexity index is 924. The van der Waals surface area contributed by atoms with Crippen LogP contribution in [0, 0.1) is 0 Å². The molecule has 0 spiro atoms. The molecule has 1 aromatic heterocycles. The molecule has 2 heterocycles. The van der Waals surface area contributed by atoms with E-state index in [2.05, 4.69) is 15.0 Å². The molecular weight excluding hydrogens is 328 g/mol. The third-order valence-electron chi connectivity index (χ3n) is 3.87. The molecule has 0 aliphatic carbocycles. The summed E-state index contributed by atoms with van der Waals surface area (Å²) >= 11 is 6.19. The van der Waals surface area contributed by atoms with Crippen LogP contribution in [0.3, 0.4) is 0 Å². The number of rotatable bonds is 2. The Morgan fingerprint density at radius 3 is 2.71 bits per heavy atom. The number of hydrogen-bond donors (Lipinski definition) is 0. The molecular formula is C17H13ClN4O2. The lowest BCUT2D eigenvalue weighted by molar-refractivity contribution is 0.0587. The summed E-state index contributed by atoms with van der Waals surface area (Å²) in [4.78, 5) is 18.2. The Morgan fingerprint density at radius 1 is 1.17 bits per heavy atom. The zero-order valence-corrected chi connectivity index (χ0v) is 13.6. The van der Waals surface area contributed by atoms with Crippen molar-refractivity contribution in [3.05, 3.63) is 65.2 Å². The van der Waals surface area contributed by atoms with Gasteiger partial charge in [0.15, 0.2) is 5.82 Å². The highest BCUT2D eigenvalue weighted by Crippen LogP contribution is 2.37. The van der Waals surface area contributed by atoms with E-state index in [0.717, 1.165) is 17.1 Å². The molecule has 0 radical (unpaired) electrons. The minimum Gasteiger partial charge on any atom is -0.463 e. The van der Waals surface area contributed by atoms with Crippen molar-refractivity contribution < 1.29 is 9.53 Å². The number of fused-ring (bicyclic) bond motifs is 3. The number of ether oxygens (including phenoxy) is 1. The number of para-hydroxylation sites is 1. The topological polar surface area (TPSA) is 60.2 Å². The molecule has 0 amide bonds. The smallest absolute Gasteiger partial charge is 0.377 e. The van der Waals surface area contributed by atoms with Crippen LogP contribution in [-0.2, 0) is 11.3 Å². The van der Waals surface area contributed by atoms with Gasteiger partial charge in [0.25, 0.3) is 5.82 Å². The summed E-state index contributed by atoms with van der Waals surface area (Å²) in [6.45, 7) is 0.474. The van der Waals surface area contributed by atoms with Crippen molar-refractivity contribution in [2.24, 2.45) is 0 Å². The summed E-state index contributed by atoms with van der Waals surface area (Å²) in [6.07, 6.45) is 0. The normalized spacial score (nSPS) is 12.5. The highest BCUT2D eigenvalue weighted by Gasteiger charge is 2.28. The van der Waals surface area contributed by atoms with Crippen LogP contribution >= 0.6 is 11.6 Å². The maximum atomic E-state index is 11.8. The molecule has 0 bridgehead atoms. The van der Waals surface area contributed by atoms with Gasteiger partial charge in [-0.2, -0.15) is 0 Å². The second kappa shape index (κ2) is 5.65. The molecule has 120 valence electrons. The van der Waals surface area contributed by atoms with Crippen molar-refractivity contribution in [2.75, 3.05) is 12.0 Å². The molecule has 0 atom stereocenters. The van der Waals surface area contributed by atoms with Crippen molar-refractivity contribution in [1.29, 1.82) is 0 Å². The summed E-state index contributed by atoms with van der Waals surface area (Å²) in [5, 5.41) is 4.91. The van der Waals surface area contributed by atoms with Gasteiger partial charge in [0.1, 0.15) is 0 Å². The number of hydrogen-bond acceptors (Lipinski definition) is 5. The van der Waals surface area contributed by atoms with Crippen LogP contribution in [0.15, 0.2) is 48.5 Å². The number of aromatic nitrogens is 3. The third kappa shape index (κ3) is 2.32. The number of benzene rings is 2. The lowest BCUT2D eigenvalue weighted by Crippen LogP contribution is -2.26. The van der Waals surface area contributed by atoms with Gasteiger partial charge in [0, 0.05) is 10.7 Å². The van der Waals surface area contributed by atoms with E-state index >= 15 is 0 Å². The quantitative estimate of drug-likeness (QED) is 0.669. The van der Waals surface area contributed by atoms with Gasteiger partial charge in [0.2, 0.25) is 0 Å². The Balaban J connectivity index is 1.89. The molecule has 6 nitrogen and oxygen atoms in total. The SMILES string of the molecule is COC(=O)c1nc2n(n1)-c1ccc(Cl)cc1N(c1ccccc1)C2. The first-order valence-electron chi connectivity index (χ1n) is 7.34. The van der Waals surface area contributed by atoms with Crippen LogP contribution in [0.4, 0.5) is 11.4 Å². The Labute approximate surface area is 143 Å². The summed E-state index contributed by atoms with van der Waals surface area (Å²) < 4.78 is 6.38. The molecule has 1 aliphatic rings. The van der Waals surface area contributed by atoms with E-state index in [0.29, 0.717) is 17.4 Å². The third-order valence-corrected chi connectivity index (χ3v) is 4.10. The number of anilines is 2. The first-order chi connectivity index (χ1) is 11.7. The molecule has 1 aliphatic heterocycles. The highest BCUT2D eigenvalue weighted by atomic mass is 35.5. The monoisotopic (exact) mass is 340 g/mol. The van der Waals surface area contributed by atoms with Crippen LogP contribution in [-0.4, -0.2) is 27.8 Å². The Hall–Kier alpha value is -2.86. The first-order valence-corrected chi connectivity index (χ1v) is 7.72. The molecule has 4 rings (SSSR count). The zero-order valence-electron chi connectivity index (χ0n) is 12.8. The zero-order chi connectivity index (χ0) is 16.7. The second-order valence-corrected chi connectivity index (χ2v) is 5.75. The van der Waals surface area contributed by atoms with E-state index in [9.17, 15) is 4.79 Å². The van der Waals surface area contributed by atoms with E-state index in [4.69, 9.17) is 16.3 Å². The fourth-order valence-corrected chi connectivity index (χ4v) is 2.94. The van der Waals surface area contributed by atoms with Gasteiger partial charge in [-0.05, 0) is 30.3 Å². The summed E-state index contributed by atoms with van der Waals surface area (Å²) in [6, 6.07) is 15.5. The van der Waals surface area contributed by atoms with Crippen LogP contribution in [0.1, 0.15) is 16.4 Å². The van der Waals surface area contributed by atoms with E-state index in [1.807, 2.05) is 42.5 Å². The average molecular weight is 341 g/mol. The van der Waals surface area contributed by atoms with Gasteiger partial charge in [-0.15, -0.1) is 5.10 Å². The van der Waals surface area contributed by atoms with Crippen molar-refractivity contribution in [3.8, 4) is 5.69 Å². The van der Waals surface area contributed by atoms with Gasteiger partial charge in [-0.3, -0.25) is 0 Å². The maximum absolute atomic E-state index is 11.8. The standard InChI is InChI=1S/C17H13ClN4O2/c1-24-17(23)16-19-15-10-21(12-5-3-2-4-6-12)14-9-11(18)7-8-13(14)22(15)20-16/h2-9H,10H2,1H3. The van der Waals surface area contributed by atoms with Gasteiger partial charge in [-0.25, -0.2) is 14.5 Å². The Kier molecular flexibility index (Phi) is 3.46. The van der Waals surface area contributed by atoms with Crippen LogP contribution in [0.25, 0.3) is 5.69 Å². The Morgan fingerprint density at radius 2 is 1.96 bits per heavy atom. The van der Waals surface area contributed by atoms with E-state index in [1.165, 1.54) is 7.11 Å². The molecule has 2 aromatic carbocycles. The van der Waals surface area contributed by atoms with Gasteiger partial charge < -0.3 is 9.64 Å². The number of esters is 1. The van der Waals surface area contributed by atoms with Crippen molar-refractivity contribution in [1.82, 2.24) is 14.8 Å². The molecule has 0 fully saturated rings. The number of nitrogens with zero attached hydrogens (tertiary/aromatic N) is 4. The van der Waals surface area contributed by atoms with Crippen LogP contribution in [0.5, 0.6) is 0 Å². The fraction of sp³-hybridized carbons (Fsp3) is 0.118. The van der Waals surface area contributed by atoms with Crippen molar-refractivity contribution >= 4 is 28.9 Å². The minimum absolute atomic E-state index is 0.0447.